The van der Waals surface area contributed by atoms with Crippen LogP contribution in [0.5, 0.6) is 46.0 Å². The van der Waals surface area contributed by atoms with Gasteiger partial charge in [-0.05, 0) is 140 Å². The number of methoxy groups -OCH3 is 8. The zero-order chi connectivity index (χ0) is 98.8. The molecule has 4 aromatic heterocycles. The summed E-state index contributed by atoms with van der Waals surface area (Å²) in [6.45, 7) is 0. The summed E-state index contributed by atoms with van der Waals surface area (Å²) >= 11 is 0. The lowest BCUT2D eigenvalue weighted by molar-refractivity contribution is -0.138. The number of phenolic OH excluding ortho intramolecular Hbond substituents is 4. The number of halogens is 6. The normalized spacial score (nSPS) is 10.9. The highest BCUT2D eigenvalue weighted by Gasteiger charge is 2.33. The Balaban J connectivity index is 0.000000155. The lowest BCUT2D eigenvalue weighted by atomic mass is 10.1. The molecule has 138 heavy (non-hydrogen) atoms. The molecule has 0 atom stereocenters. The maximum Gasteiger partial charge on any atom is 0.416 e. The van der Waals surface area contributed by atoms with Crippen LogP contribution in [0.15, 0.2) is 267 Å². The number of aromatic hydroxyl groups is 4. The highest BCUT2D eigenvalue weighted by molar-refractivity contribution is 5.98. The van der Waals surface area contributed by atoms with Gasteiger partial charge >= 0.3 is 36.2 Å². The van der Waals surface area contributed by atoms with Gasteiger partial charge in [-0.25, -0.2) is 79.0 Å². The van der Waals surface area contributed by atoms with Gasteiger partial charge in [-0.3, -0.25) is 9.59 Å². The highest BCUT2D eigenvalue weighted by atomic mass is 19.4. The first-order valence-corrected chi connectivity index (χ1v) is 40.6. The molecule has 4 heterocycles. The molecule has 0 aliphatic carbocycles. The zero-order valence-corrected chi connectivity index (χ0v) is 73.7. The van der Waals surface area contributed by atoms with E-state index in [4.69, 9.17) is 49.4 Å². The lowest BCUT2D eigenvalue weighted by Gasteiger charge is -2.12. The average Bonchev–Trinajstić information content (AvgIpc) is 1.03. The Bertz CT molecular complexity index is 7090. The minimum atomic E-state index is -4.54. The van der Waals surface area contributed by atoms with Crippen molar-refractivity contribution >= 4 is 35.7 Å². The summed E-state index contributed by atoms with van der Waals surface area (Å²) in [6, 6.07) is 66.4. The van der Waals surface area contributed by atoms with Crippen molar-refractivity contribution in [2.45, 2.75) is 12.4 Å². The van der Waals surface area contributed by atoms with Gasteiger partial charge < -0.3 is 69.8 Å². The number of rotatable bonds is 22. The quantitative estimate of drug-likeness (QED) is 0.0208. The molecule has 2 amide bonds. The number of nitrogens with zero attached hydrogens (tertiary/aromatic N) is 12. The number of benzene rings is 12. The van der Waals surface area contributed by atoms with Gasteiger partial charge in [0.1, 0.15) is 46.0 Å². The zero-order valence-electron chi connectivity index (χ0n) is 73.7. The van der Waals surface area contributed by atoms with Gasteiger partial charge in [-0.2, -0.15) is 26.3 Å². The van der Waals surface area contributed by atoms with E-state index in [2.05, 4.69) is 59.8 Å². The number of aromatic nitrogens is 12. The molecule has 8 N–H and O–H groups in total. The molecule has 0 aliphatic rings. The van der Waals surface area contributed by atoms with Gasteiger partial charge in [0.15, 0.2) is 69.9 Å². The Morgan fingerprint density at radius 2 is 0.478 bits per heavy atom. The molecule has 16 aromatic rings. The molecule has 0 bridgehead atoms. The topological polar surface area (TPSA) is 464 Å². The second kappa shape index (κ2) is 42.8. The number of primary amides is 2. The largest absolute Gasteiger partial charge is 0.507 e. The molecule has 38 heteroatoms. The van der Waals surface area contributed by atoms with E-state index < -0.39 is 59.2 Å². The summed E-state index contributed by atoms with van der Waals surface area (Å²) in [5.41, 5.74) is 16.1. The fourth-order valence-electron chi connectivity index (χ4n) is 13.1. The second-order valence-electron chi connectivity index (χ2n) is 29.0. The van der Waals surface area contributed by atoms with Gasteiger partial charge in [-0.15, -0.1) is 0 Å². The Morgan fingerprint density at radius 1 is 0.239 bits per heavy atom. The van der Waals surface area contributed by atoms with E-state index in [1.165, 1.54) is 118 Å². The fraction of sp³-hybridized carbons (Fsp3) is 0.100. The average molecular weight is 1880 g/mol. The van der Waals surface area contributed by atoms with Crippen molar-refractivity contribution in [3.05, 3.63) is 311 Å². The van der Waals surface area contributed by atoms with E-state index in [0.717, 1.165) is 24.3 Å². The predicted octanol–water partition coefficient (Wildman–Crippen LogP) is 17.7. The number of esters is 4. The summed E-state index contributed by atoms with van der Waals surface area (Å²) in [7, 11) is 11.1. The molecular weight excluding hydrogens is 1800 g/mol. The van der Waals surface area contributed by atoms with Gasteiger partial charge in [-0.1, -0.05) is 103 Å². The van der Waals surface area contributed by atoms with Crippen LogP contribution in [-0.2, 0) is 31.3 Å². The smallest absolute Gasteiger partial charge is 0.416 e. The summed E-state index contributed by atoms with van der Waals surface area (Å²) in [5.74, 6) is 0.482. The van der Waals surface area contributed by atoms with Gasteiger partial charge in [0, 0.05) is 79.9 Å². The number of alkyl halides is 6. The maximum atomic E-state index is 13.0. The van der Waals surface area contributed by atoms with E-state index >= 15 is 0 Å². The monoisotopic (exact) mass is 1870 g/mol. The number of hydrogen-bond acceptors (Lipinski definition) is 30. The van der Waals surface area contributed by atoms with Crippen molar-refractivity contribution in [3.8, 4) is 183 Å². The molecule has 0 aliphatic heterocycles. The Labute approximate surface area is 780 Å². The number of phenols is 4. The molecular formula is C100H76F6N14O18. The minimum absolute atomic E-state index is 0.0335. The first-order chi connectivity index (χ1) is 66.2. The summed E-state index contributed by atoms with van der Waals surface area (Å²) < 4.78 is 117. The third-order valence-corrected chi connectivity index (χ3v) is 20.4. The fourth-order valence-corrected chi connectivity index (χ4v) is 13.1. The van der Waals surface area contributed by atoms with Crippen LogP contribution in [0.1, 0.15) is 73.3 Å². The summed E-state index contributed by atoms with van der Waals surface area (Å²) in [6.07, 6.45) is -9.08. The molecule has 0 fully saturated rings. The summed E-state index contributed by atoms with van der Waals surface area (Å²) in [4.78, 5) is 125. The predicted molar refractivity (Wildman–Crippen MR) is 490 cm³/mol. The van der Waals surface area contributed by atoms with Crippen molar-refractivity contribution in [3.63, 3.8) is 0 Å². The van der Waals surface area contributed by atoms with Crippen LogP contribution in [0.2, 0.25) is 0 Å². The Hall–Kier alpha value is -18.5. The first-order valence-electron chi connectivity index (χ1n) is 40.6. The van der Waals surface area contributed by atoms with Crippen molar-refractivity contribution in [2.24, 2.45) is 11.5 Å². The van der Waals surface area contributed by atoms with E-state index in [9.17, 15) is 75.5 Å². The van der Waals surface area contributed by atoms with Crippen LogP contribution in [0, 0.1) is 0 Å². The third kappa shape index (κ3) is 23.1. The maximum absolute atomic E-state index is 13.0. The van der Waals surface area contributed by atoms with Crippen LogP contribution >= 0.6 is 0 Å². The number of carbonyl (C=O) groups excluding carboxylic acids is 6. The number of nitrogens with two attached hydrogens (primary N) is 2. The number of ether oxygens (including phenoxy) is 8. The molecule has 0 saturated heterocycles. The van der Waals surface area contributed by atoms with E-state index in [-0.39, 0.29) is 97.7 Å². The van der Waals surface area contributed by atoms with E-state index in [1.54, 1.807) is 182 Å². The van der Waals surface area contributed by atoms with Gasteiger partial charge in [0.25, 0.3) is 0 Å². The van der Waals surface area contributed by atoms with Crippen LogP contribution in [0.3, 0.4) is 0 Å². The van der Waals surface area contributed by atoms with Crippen LogP contribution < -0.4 is 30.4 Å². The molecule has 0 radical (unpaired) electrons. The van der Waals surface area contributed by atoms with Crippen molar-refractivity contribution in [1.29, 1.82) is 0 Å². The van der Waals surface area contributed by atoms with E-state index in [1.807, 2.05) is 0 Å². The highest BCUT2D eigenvalue weighted by Crippen LogP contribution is 2.41. The van der Waals surface area contributed by atoms with Crippen molar-refractivity contribution in [1.82, 2.24) is 59.8 Å². The van der Waals surface area contributed by atoms with E-state index in [0.29, 0.717) is 118 Å². The van der Waals surface area contributed by atoms with Gasteiger partial charge in [0.05, 0.1) is 113 Å². The molecule has 16 rings (SSSR count). The Morgan fingerprint density at radius 3 is 0.739 bits per heavy atom. The van der Waals surface area contributed by atoms with Crippen molar-refractivity contribution < 1.29 is 113 Å². The van der Waals surface area contributed by atoms with Crippen molar-refractivity contribution in [2.75, 3.05) is 56.9 Å². The lowest BCUT2D eigenvalue weighted by Crippen LogP contribution is -2.10. The first kappa shape index (κ1) is 97.0. The third-order valence-electron chi connectivity index (χ3n) is 20.4. The molecule has 0 unspecified atom stereocenters. The number of carbonyl (C=O) groups is 6. The molecule has 32 nitrogen and oxygen atoms in total. The van der Waals surface area contributed by atoms with Crippen LogP contribution in [-0.4, -0.2) is 173 Å². The second-order valence-corrected chi connectivity index (χ2v) is 29.0. The van der Waals surface area contributed by atoms with Gasteiger partial charge in [0.2, 0.25) is 11.8 Å². The molecule has 12 aromatic carbocycles. The molecule has 696 valence electrons. The number of hydrogen-bond donors (Lipinski definition) is 6. The molecule has 0 saturated carbocycles. The molecule has 0 spiro atoms. The minimum Gasteiger partial charge on any atom is -0.507 e. The number of amides is 2. The summed E-state index contributed by atoms with van der Waals surface area (Å²) in [5, 5.41) is 42.1. The van der Waals surface area contributed by atoms with Crippen LogP contribution in [0.25, 0.3) is 137 Å². The SMILES string of the molecule is COC(=O)c1ccc(-c2nc(-c3ccc(OC)cc3O)nc(-c3ccccc3C(=O)OC)n2)cc1.COC(=O)c1ccc(-c2nc(-c3cccc(C(=O)OC)c3)nc(-c3ccc(OC)cc3O)n2)cc1.COc1ccc(-c2nc(-c3ccc(C(F)(F)F)cc3)nc(-c3ccc(C(F)(F)F)cc3)n2)c(O)c1.COc1ccc(-c2nc(-c3ccc(C(N)=O)cc3)nc(-c3ccc(C(N)=O)cc3)n2)c(O)c1. The Kier molecular flexibility index (Phi) is 30.1. The van der Waals surface area contributed by atoms with Crippen LogP contribution in [0.4, 0.5) is 26.3 Å². The standard InChI is InChI=1S/2C26H21N3O6.C24H15F6N3O2.C24H19N5O4/c1-33-19-11-12-20(21(30)14-19)24-28-22(15-7-9-16(10-8-15)25(31)34-2)27-23(29-24)17-5-4-6-18(13-17)26(32)35-3;1-33-17-12-13-20(21(30)14-17)24-28-22(15-8-10-16(11-9-15)25(31)34-2)27-23(29-24)18-6-4-5-7-19(18)26(32)35-3;1-35-17-10-11-18(19(34)12-17)22-32-20(13-2-6-15(7-3-13)23(25,26)27)31-21(33-22)14-4-8-16(9-5-14)24(28,29)30;1-33-17-10-11-18(19(30)12-17)24-28-22(15-6-2-13(3-7-15)20(25)31)27-23(29-24)16-8-4-14(5-9-16)21(26)32/h2*4-14,30H,1-3H3;2-12,34H,1H3;2-12,30H,1H3,(H2,25,31)(H2,26,32).